The number of piperidine rings is 1. The van der Waals surface area contributed by atoms with Crippen molar-refractivity contribution in [1.82, 2.24) is 19.5 Å². The maximum absolute atomic E-state index is 13.7. The second kappa shape index (κ2) is 17.4. The smallest absolute Gasteiger partial charge is 0.256 e. The number of amides is 1. The molecule has 2 aromatic carbocycles. The van der Waals surface area contributed by atoms with Crippen LogP contribution in [0.3, 0.4) is 0 Å². The van der Waals surface area contributed by atoms with E-state index in [4.69, 9.17) is 25.4 Å². The van der Waals surface area contributed by atoms with E-state index >= 15 is 0 Å². The number of benzene rings is 2. The number of aryl methyl sites for hydroxylation is 2. The number of likely N-dealkylation sites (tertiary alicyclic amines) is 1. The zero-order valence-corrected chi connectivity index (χ0v) is 26.0. The number of carbonyl (C=O) groups is 3. The number of carbonyl (C=O) groups excluding carboxylic acids is 3. The van der Waals surface area contributed by atoms with Gasteiger partial charge in [0, 0.05) is 49.7 Å². The summed E-state index contributed by atoms with van der Waals surface area (Å²) < 4.78 is 1.82. The first-order valence-electron chi connectivity index (χ1n) is 14.5. The van der Waals surface area contributed by atoms with E-state index in [1.165, 1.54) is 0 Å². The van der Waals surface area contributed by atoms with E-state index in [-0.39, 0.29) is 18.0 Å². The van der Waals surface area contributed by atoms with Crippen molar-refractivity contribution in [3.05, 3.63) is 88.7 Å². The number of nitrogens with two attached hydrogens (primary N) is 1. The van der Waals surface area contributed by atoms with Gasteiger partial charge < -0.3 is 30.9 Å². The fourth-order valence-electron chi connectivity index (χ4n) is 5.09. The maximum Gasteiger partial charge on any atom is 0.256 e. The van der Waals surface area contributed by atoms with Crippen molar-refractivity contribution in [3.63, 3.8) is 0 Å². The Morgan fingerprint density at radius 1 is 1.05 bits per heavy atom. The third kappa shape index (κ3) is 8.48. The molecule has 4 aromatic rings. The van der Waals surface area contributed by atoms with E-state index in [1.54, 1.807) is 0 Å². The molecule has 1 saturated heterocycles. The standard InChI is InChI=1S/C29H35N7O.C2H6.2CH2O/c1-19-12-13-24(31-3)22(15-19)29(37)35-14-8-7-11-26(35)25-16-27-33-28(20(2)18-36(27)34-25)32-17-23(30)21-9-5-4-6-10-21;3*1-2/h4-6,9-10,12-13,15-16,18,23,26,31H,7-8,11,14,17,30H2,1-3H3,(H,32,33);1-2H3;2*1H2/t23?,26-;;;/m0.../s1. The first-order chi connectivity index (χ1) is 20.9. The van der Waals surface area contributed by atoms with Crippen LogP contribution in [-0.4, -0.2) is 59.1 Å². The van der Waals surface area contributed by atoms with E-state index in [0.29, 0.717) is 18.7 Å². The summed E-state index contributed by atoms with van der Waals surface area (Å²) in [7, 11) is 1.85. The number of hydrogen-bond acceptors (Lipinski definition) is 8. The topological polar surface area (TPSA) is 135 Å². The second-order valence-electron chi connectivity index (χ2n) is 9.85. The van der Waals surface area contributed by atoms with Crippen molar-refractivity contribution in [2.24, 2.45) is 5.73 Å². The van der Waals surface area contributed by atoms with Crippen LogP contribution in [0.4, 0.5) is 11.5 Å². The highest BCUT2D eigenvalue weighted by atomic mass is 16.2. The summed E-state index contributed by atoms with van der Waals surface area (Å²) in [6.07, 6.45) is 4.91. The molecule has 5 rings (SSSR count). The highest BCUT2D eigenvalue weighted by Crippen LogP contribution is 2.33. The minimum Gasteiger partial charge on any atom is -0.387 e. The van der Waals surface area contributed by atoms with Gasteiger partial charge in [-0.2, -0.15) is 5.10 Å². The zero-order valence-electron chi connectivity index (χ0n) is 26.0. The van der Waals surface area contributed by atoms with Crippen molar-refractivity contribution < 1.29 is 14.4 Å². The van der Waals surface area contributed by atoms with Crippen LogP contribution >= 0.6 is 0 Å². The molecule has 230 valence electrons. The maximum atomic E-state index is 13.7. The quantitative estimate of drug-likeness (QED) is 0.257. The number of rotatable bonds is 7. The molecule has 0 spiro atoms. The summed E-state index contributed by atoms with van der Waals surface area (Å²) in [6.45, 7) is 13.3. The van der Waals surface area contributed by atoms with Gasteiger partial charge in [0.2, 0.25) is 0 Å². The van der Waals surface area contributed by atoms with Crippen LogP contribution in [0.1, 0.15) is 77.9 Å². The van der Waals surface area contributed by atoms with Gasteiger partial charge in [-0.1, -0.05) is 55.8 Å². The predicted molar refractivity (Wildman–Crippen MR) is 174 cm³/mol. The van der Waals surface area contributed by atoms with Crippen molar-refractivity contribution in [2.75, 3.05) is 30.8 Å². The lowest BCUT2D eigenvalue weighted by Crippen LogP contribution is -2.39. The number of hydrogen-bond donors (Lipinski definition) is 3. The van der Waals surface area contributed by atoms with Gasteiger partial charge in [-0.05, 0) is 50.8 Å². The molecule has 43 heavy (non-hydrogen) atoms. The Balaban J connectivity index is 0.00000101. The summed E-state index contributed by atoms with van der Waals surface area (Å²) in [4.78, 5) is 36.5. The summed E-state index contributed by atoms with van der Waals surface area (Å²) in [5, 5.41) is 11.4. The molecule has 0 saturated carbocycles. The minimum absolute atomic E-state index is 0.0381. The van der Waals surface area contributed by atoms with E-state index in [2.05, 4.69) is 10.6 Å². The fourth-order valence-corrected chi connectivity index (χ4v) is 5.09. The van der Waals surface area contributed by atoms with E-state index in [9.17, 15) is 4.79 Å². The molecule has 4 N–H and O–H groups in total. The van der Waals surface area contributed by atoms with Gasteiger partial charge in [-0.3, -0.25) is 4.79 Å². The van der Waals surface area contributed by atoms with Gasteiger partial charge in [0.1, 0.15) is 19.4 Å². The van der Waals surface area contributed by atoms with Crippen LogP contribution in [-0.2, 0) is 9.59 Å². The molecule has 0 radical (unpaired) electrons. The Bertz CT molecular complexity index is 1440. The highest BCUT2D eigenvalue weighted by molar-refractivity contribution is 6.00. The molecule has 2 aromatic heterocycles. The lowest BCUT2D eigenvalue weighted by Gasteiger charge is -2.35. The Hall–Kier alpha value is -4.57. The average Bonchev–Trinajstić information content (AvgIpc) is 3.48. The van der Waals surface area contributed by atoms with Gasteiger partial charge in [0.15, 0.2) is 5.65 Å². The Morgan fingerprint density at radius 2 is 1.74 bits per heavy atom. The van der Waals surface area contributed by atoms with Gasteiger partial charge >= 0.3 is 0 Å². The van der Waals surface area contributed by atoms with Crippen molar-refractivity contribution in [2.45, 2.75) is 59.0 Å². The van der Waals surface area contributed by atoms with Crippen LogP contribution < -0.4 is 16.4 Å². The monoisotopic (exact) mass is 587 g/mol. The normalized spacial score (nSPS) is 14.6. The average molecular weight is 588 g/mol. The number of anilines is 2. The molecule has 10 heteroatoms. The molecule has 2 atom stereocenters. The molecule has 10 nitrogen and oxygen atoms in total. The molecule has 1 unspecified atom stereocenters. The lowest BCUT2D eigenvalue weighted by molar-refractivity contribution is -0.0987. The van der Waals surface area contributed by atoms with Crippen LogP contribution in [0, 0.1) is 13.8 Å². The fraction of sp³-hybridized carbons (Fsp3) is 0.364. The molecule has 1 amide bonds. The zero-order chi connectivity index (χ0) is 31.9. The largest absolute Gasteiger partial charge is 0.387 e. The molecule has 1 aliphatic heterocycles. The summed E-state index contributed by atoms with van der Waals surface area (Å²) in [5.74, 6) is 0.830. The molecule has 1 fully saturated rings. The molecule has 0 aliphatic carbocycles. The predicted octanol–water partition coefficient (Wildman–Crippen LogP) is 5.52. The van der Waals surface area contributed by atoms with Gasteiger partial charge in [0.05, 0.1) is 17.3 Å². The summed E-state index contributed by atoms with van der Waals surface area (Å²) >= 11 is 0. The van der Waals surface area contributed by atoms with Crippen LogP contribution in [0.5, 0.6) is 0 Å². The number of fused-ring (bicyclic) bond motifs is 1. The lowest BCUT2D eigenvalue weighted by atomic mass is 9.97. The van der Waals surface area contributed by atoms with Crippen LogP contribution in [0.25, 0.3) is 5.65 Å². The van der Waals surface area contributed by atoms with Crippen molar-refractivity contribution in [1.29, 1.82) is 0 Å². The van der Waals surface area contributed by atoms with Gasteiger partial charge in [-0.25, -0.2) is 9.50 Å². The van der Waals surface area contributed by atoms with E-state index in [1.807, 2.05) is 119 Å². The Labute approximate surface area is 254 Å². The number of nitrogens with zero attached hydrogens (tertiary/aromatic N) is 4. The first kappa shape index (κ1) is 34.6. The molecule has 3 heterocycles. The summed E-state index contributed by atoms with van der Waals surface area (Å²) in [5.41, 5.74) is 12.7. The number of nitrogens with one attached hydrogen (secondary N) is 2. The Kier molecular flexibility index (Phi) is 14.0. The molecular formula is C33H45N7O3. The third-order valence-corrected chi connectivity index (χ3v) is 7.15. The molecule has 0 bridgehead atoms. The first-order valence-corrected chi connectivity index (χ1v) is 14.5. The SMILES string of the molecule is C=O.C=O.CC.CNc1ccc(C)cc1C(=O)N1CCCC[C@H]1c1cc2nc(NCC(N)c3ccccc3)c(C)cn2n1. The van der Waals surface area contributed by atoms with Gasteiger partial charge in [-0.15, -0.1) is 0 Å². The van der Waals surface area contributed by atoms with Crippen LogP contribution in [0.2, 0.25) is 0 Å². The second-order valence-corrected chi connectivity index (χ2v) is 9.85. The highest BCUT2D eigenvalue weighted by Gasteiger charge is 2.31. The Morgan fingerprint density at radius 3 is 2.42 bits per heavy atom. The van der Waals surface area contributed by atoms with Crippen molar-refractivity contribution in [3.8, 4) is 0 Å². The van der Waals surface area contributed by atoms with Crippen molar-refractivity contribution >= 4 is 36.6 Å². The third-order valence-electron chi connectivity index (χ3n) is 7.15. The number of aromatic nitrogens is 3. The van der Waals surface area contributed by atoms with E-state index in [0.717, 1.165) is 58.8 Å². The summed E-state index contributed by atoms with van der Waals surface area (Å²) in [6, 6.07) is 17.8. The molecular weight excluding hydrogens is 542 g/mol. The minimum atomic E-state index is -0.134. The molecule has 1 aliphatic rings. The van der Waals surface area contributed by atoms with E-state index < -0.39 is 0 Å². The van der Waals surface area contributed by atoms with Gasteiger partial charge in [0.25, 0.3) is 5.91 Å². The van der Waals surface area contributed by atoms with Crippen LogP contribution in [0.15, 0.2) is 60.8 Å².